The van der Waals surface area contributed by atoms with Crippen molar-refractivity contribution in [2.75, 3.05) is 20.1 Å². The molecule has 1 fully saturated rings. The summed E-state index contributed by atoms with van der Waals surface area (Å²) in [7, 11) is 2.15. The van der Waals surface area contributed by atoms with E-state index in [2.05, 4.69) is 31.1 Å². The highest BCUT2D eigenvalue weighted by atomic mass is 15.2. The van der Waals surface area contributed by atoms with Crippen molar-refractivity contribution in [1.82, 2.24) is 10.2 Å². The minimum Gasteiger partial charge on any atom is -0.311 e. The number of nitrogens with zero attached hydrogens (tertiary/aromatic N) is 1. The first kappa shape index (κ1) is 7.03. The van der Waals surface area contributed by atoms with Crippen LogP contribution in [-0.2, 0) is 0 Å². The molecule has 2 nitrogen and oxygen atoms in total. The second-order valence-corrected chi connectivity index (χ2v) is 2.74. The summed E-state index contributed by atoms with van der Waals surface area (Å²) in [5.41, 5.74) is 0. The standard InChI is InChI=1S/C7H15N2/c1-6-7(2)9(3)5-4-8-6/h6,8H,4-5H2,1-3H3. The van der Waals surface area contributed by atoms with Gasteiger partial charge in [-0.05, 0) is 20.9 Å². The highest BCUT2D eigenvalue weighted by Crippen LogP contribution is 2.12. The summed E-state index contributed by atoms with van der Waals surface area (Å²) in [6, 6.07) is 2.02. The maximum atomic E-state index is 3.38. The Hall–Kier alpha value is -0.0800. The van der Waals surface area contributed by atoms with E-state index in [-0.39, 0.29) is 0 Å². The molecule has 0 spiro atoms. The Balaban J connectivity index is 2.41. The van der Waals surface area contributed by atoms with E-state index in [1.165, 1.54) is 6.04 Å². The molecule has 0 bridgehead atoms. The molecule has 53 valence electrons. The van der Waals surface area contributed by atoms with Gasteiger partial charge in [-0.3, -0.25) is 4.90 Å². The molecule has 1 unspecified atom stereocenters. The van der Waals surface area contributed by atoms with Crippen LogP contribution in [0.4, 0.5) is 0 Å². The van der Waals surface area contributed by atoms with Crippen molar-refractivity contribution in [2.24, 2.45) is 0 Å². The lowest BCUT2D eigenvalue weighted by atomic mass is 10.1. The number of hydrogen-bond acceptors (Lipinski definition) is 2. The van der Waals surface area contributed by atoms with E-state index >= 15 is 0 Å². The van der Waals surface area contributed by atoms with Crippen LogP contribution >= 0.6 is 0 Å². The monoisotopic (exact) mass is 127 g/mol. The van der Waals surface area contributed by atoms with Gasteiger partial charge in [-0.2, -0.15) is 0 Å². The highest BCUT2D eigenvalue weighted by Gasteiger charge is 2.20. The molecular formula is C7H15N2. The van der Waals surface area contributed by atoms with Crippen LogP contribution in [0.3, 0.4) is 0 Å². The van der Waals surface area contributed by atoms with E-state index in [1.54, 1.807) is 0 Å². The largest absolute Gasteiger partial charge is 0.311 e. The number of nitrogens with one attached hydrogen (secondary N) is 1. The van der Waals surface area contributed by atoms with Crippen LogP contribution in [0.15, 0.2) is 0 Å². The average Bonchev–Trinajstić information content (AvgIpc) is 1.83. The van der Waals surface area contributed by atoms with Crippen LogP contribution in [0.1, 0.15) is 13.8 Å². The summed E-state index contributed by atoms with van der Waals surface area (Å²) in [6.07, 6.45) is 0. The van der Waals surface area contributed by atoms with Crippen LogP contribution < -0.4 is 5.32 Å². The summed E-state index contributed by atoms with van der Waals surface area (Å²) >= 11 is 0. The lowest BCUT2D eigenvalue weighted by Gasteiger charge is -2.34. The van der Waals surface area contributed by atoms with E-state index in [9.17, 15) is 0 Å². The second-order valence-electron chi connectivity index (χ2n) is 2.74. The Kier molecular flexibility index (Phi) is 2.09. The molecule has 1 atom stereocenters. The van der Waals surface area contributed by atoms with Gasteiger partial charge in [-0.25, -0.2) is 0 Å². The minimum absolute atomic E-state index is 0.573. The number of likely N-dealkylation sites (N-methyl/N-ethyl adjacent to an activating group) is 1. The fourth-order valence-electron chi connectivity index (χ4n) is 1.10. The van der Waals surface area contributed by atoms with Crippen LogP contribution in [0, 0.1) is 6.04 Å². The van der Waals surface area contributed by atoms with Crippen molar-refractivity contribution in [3.63, 3.8) is 0 Å². The zero-order chi connectivity index (χ0) is 6.85. The van der Waals surface area contributed by atoms with Crippen molar-refractivity contribution in [3.8, 4) is 0 Å². The molecule has 1 saturated heterocycles. The Morgan fingerprint density at radius 2 is 2.33 bits per heavy atom. The van der Waals surface area contributed by atoms with Crippen LogP contribution in [0.2, 0.25) is 0 Å². The summed E-state index contributed by atoms with van der Waals surface area (Å²) in [5.74, 6) is 0. The molecule has 1 rings (SSSR count). The van der Waals surface area contributed by atoms with Crippen molar-refractivity contribution in [3.05, 3.63) is 6.04 Å². The van der Waals surface area contributed by atoms with E-state index < -0.39 is 0 Å². The molecule has 9 heavy (non-hydrogen) atoms. The summed E-state index contributed by atoms with van der Waals surface area (Å²) < 4.78 is 0. The van der Waals surface area contributed by atoms with Gasteiger partial charge in [0.2, 0.25) is 0 Å². The van der Waals surface area contributed by atoms with Gasteiger partial charge in [0.15, 0.2) is 0 Å². The molecule has 1 aliphatic heterocycles. The first-order valence-electron chi connectivity index (χ1n) is 3.50. The van der Waals surface area contributed by atoms with Gasteiger partial charge in [0.25, 0.3) is 0 Å². The van der Waals surface area contributed by atoms with Gasteiger partial charge in [-0.15, -0.1) is 0 Å². The second kappa shape index (κ2) is 2.67. The van der Waals surface area contributed by atoms with E-state index in [0.29, 0.717) is 6.04 Å². The average molecular weight is 127 g/mol. The fourth-order valence-corrected chi connectivity index (χ4v) is 1.10. The number of piperazine rings is 1. The van der Waals surface area contributed by atoms with Crippen molar-refractivity contribution in [1.29, 1.82) is 0 Å². The molecule has 0 amide bonds. The highest BCUT2D eigenvalue weighted by molar-refractivity contribution is 4.96. The predicted octanol–water partition coefficient (Wildman–Crippen LogP) is 0.462. The topological polar surface area (TPSA) is 15.3 Å². The SMILES string of the molecule is C[C]1C(C)NCCN1C. The maximum absolute atomic E-state index is 3.38. The molecule has 0 aromatic rings. The zero-order valence-electron chi connectivity index (χ0n) is 6.44. The molecule has 1 heterocycles. The third kappa shape index (κ3) is 1.43. The van der Waals surface area contributed by atoms with E-state index in [4.69, 9.17) is 0 Å². The van der Waals surface area contributed by atoms with E-state index in [0.717, 1.165) is 13.1 Å². The van der Waals surface area contributed by atoms with Gasteiger partial charge in [0, 0.05) is 19.1 Å². The molecule has 0 aromatic heterocycles. The van der Waals surface area contributed by atoms with Crippen LogP contribution in [-0.4, -0.2) is 31.1 Å². The molecule has 0 aliphatic carbocycles. The molecule has 2 heteroatoms. The molecule has 1 N–H and O–H groups in total. The summed E-state index contributed by atoms with van der Waals surface area (Å²) in [5, 5.41) is 3.38. The quantitative estimate of drug-likeness (QED) is 0.508. The first-order valence-corrected chi connectivity index (χ1v) is 3.50. The Bertz CT molecular complexity index is 82.9. The molecule has 0 saturated carbocycles. The summed E-state index contributed by atoms with van der Waals surface area (Å²) in [6.45, 7) is 6.65. The number of rotatable bonds is 0. The number of hydrogen-bond donors (Lipinski definition) is 1. The Labute approximate surface area is 57.2 Å². The van der Waals surface area contributed by atoms with Crippen molar-refractivity contribution >= 4 is 0 Å². The van der Waals surface area contributed by atoms with Gasteiger partial charge in [-0.1, -0.05) is 0 Å². The smallest absolute Gasteiger partial charge is 0.0525 e. The van der Waals surface area contributed by atoms with Gasteiger partial charge >= 0.3 is 0 Å². The normalized spacial score (nSPS) is 33.0. The fraction of sp³-hybridized carbons (Fsp3) is 0.857. The van der Waals surface area contributed by atoms with Crippen LogP contribution in [0.5, 0.6) is 0 Å². The van der Waals surface area contributed by atoms with Crippen LogP contribution in [0.25, 0.3) is 0 Å². The molecular weight excluding hydrogens is 112 g/mol. The third-order valence-corrected chi connectivity index (χ3v) is 2.13. The molecule has 0 aromatic carbocycles. The maximum Gasteiger partial charge on any atom is 0.0525 e. The molecule has 1 aliphatic rings. The Morgan fingerprint density at radius 1 is 1.67 bits per heavy atom. The summed E-state index contributed by atoms with van der Waals surface area (Å²) in [4.78, 5) is 2.31. The van der Waals surface area contributed by atoms with Gasteiger partial charge in [0.1, 0.15) is 0 Å². The van der Waals surface area contributed by atoms with Crippen molar-refractivity contribution < 1.29 is 0 Å². The zero-order valence-corrected chi connectivity index (χ0v) is 6.44. The van der Waals surface area contributed by atoms with Gasteiger partial charge < -0.3 is 5.32 Å². The third-order valence-electron chi connectivity index (χ3n) is 2.13. The minimum atomic E-state index is 0.573. The predicted molar refractivity (Wildman–Crippen MR) is 39.0 cm³/mol. The van der Waals surface area contributed by atoms with Crippen molar-refractivity contribution in [2.45, 2.75) is 19.9 Å². The Morgan fingerprint density at radius 3 is 2.78 bits per heavy atom. The molecule has 1 radical (unpaired) electrons. The lowest BCUT2D eigenvalue weighted by Crippen LogP contribution is -2.48. The van der Waals surface area contributed by atoms with Gasteiger partial charge in [0.05, 0.1) is 6.04 Å². The first-order chi connectivity index (χ1) is 4.22. The lowest BCUT2D eigenvalue weighted by molar-refractivity contribution is 0.255. The van der Waals surface area contributed by atoms with E-state index in [1.807, 2.05) is 0 Å².